The number of nitro groups is 1. The molecular weight excluding hydrogens is 384 g/mol. The number of thiocarbonyl (C=S) groups is 1. The van der Waals surface area contributed by atoms with Gasteiger partial charge < -0.3 is 4.74 Å². The zero-order valence-corrected chi connectivity index (χ0v) is 16.0. The molecule has 0 bridgehead atoms. The second kappa shape index (κ2) is 9.42. The van der Waals surface area contributed by atoms with E-state index in [0.29, 0.717) is 5.75 Å². The molecule has 0 saturated heterocycles. The van der Waals surface area contributed by atoms with E-state index in [-0.39, 0.29) is 23.0 Å². The normalized spacial score (nSPS) is 9.93. The Labute approximate surface area is 166 Å². The maximum atomic E-state index is 12.1. The molecule has 0 aliphatic carbocycles. The maximum Gasteiger partial charge on any atom is 0.282 e. The van der Waals surface area contributed by atoms with Crippen LogP contribution in [0.3, 0.4) is 0 Å². The number of aryl methyl sites for hydroxylation is 1. The predicted molar refractivity (Wildman–Crippen MR) is 106 cm³/mol. The SMILES string of the molecule is Cc1cccc(OCC(=O)NNC(=S)NC(=O)c2ccccc2[N+](=O)[O-])c1C. The number of rotatable bonds is 5. The van der Waals surface area contributed by atoms with E-state index in [4.69, 9.17) is 17.0 Å². The van der Waals surface area contributed by atoms with Gasteiger partial charge in [-0.05, 0) is 49.3 Å². The molecule has 0 aliphatic heterocycles. The number of carbonyl (C=O) groups excluding carboxylic acids is 2. The minimum absolute atomic E-state index is 0.152. The second-order valence-electron chi connectivity index (χ2n) is 5.72. The molecule has 2 aromatic rings. The summed E-state index contributed by atoms with van der Waals surface area (Å²) in [7, 11) is 0. The number of carbonyl (C=O) groups is 2. The molecule has 0 aromatic heterocycles. The number of hydrazine groups is 1. The third-order valence-corrected chi connectivity index (χ3v) is 4.01. The Bertz CT molecular complexity index is 932. The Kier molecular flexibility index (Phi) is 6.99. The standard InChI is InChI=1S/C18H18N4O5S/c1-11-6-5-9-15(12(11)2)27-10-16(23)20-21-18(28)19-17(24)13-7-3-4-8-14(13)22(25)26/h3-9H,10H2,1-2H3,(H,20,23)(H2,19,21,24,28). The minimum Gasteiger partial charge on any atom is -0.483 e. The van der Waals surface area contributed by atoms with E-state index in [2.05, 4.69) is 16.2 Å². The fraction of sp³-hybridized carbons (Fsp3) is 0.167. The first kappa shape index (κ1) is 20.8. The van der Waals surface area contributed by atoms with Crippen LogP contribution in [0, 0.1) is 24.0 Å². The smallest absolute Gasteiger partial charge is 0.282 e. The molecule has 0 radical (unpaired) electrons. The van der Waals surface area contributed by atoms with Crippen molar-refractivity contribution in [2.24, 2.45) is 0 Å². The van der Waals surface area contributed by atoms with Gasteiger partial charge >= 0.3 is 0 Å². The average Bonchev–Trinajstić information content (AvgIpc) is 2.67. The highest BCUT2D eigenvalue weighted by Gasteiger charge is 2.20. The topological polar surface area (TPSA) is 123 Å². The van der Waals surface area contributed by atoms with E-state index in [1.165, 1.54) is 24.3 Å². The van der Waals surface area contributed by atoms with Crippen molar-refractivity contribution in [3.05, 3.63) is 69.3 Å². The lowest BCUT2D eigenvalue weighted by Crippen LogP contribution is -2.49. The zero-order chi connectivity index (χ0) is 20.7. The van der Waals surface area contributed by atoms with Crippen LogP contribution in [0.5, 0.6) is 5.75 Å². The quantitative estimate of drug-likeness (QED) is 0.397. The van der Waals surface area contributed by atoms with E-state index in [1.54, 1.807) is 6.07 Å². The number of hydrogen-bond donors (Lipinski definition) is 3. The largest absolute Gasteiger partial charge is 0.483 e. The lowest BCUT2D eigenvalue weighted by Gasteiger charge is -2.13. The van der Waals surface area contributed by atoms with Crippen LogP contribution in [0.25, 0.3) is 0 Å². The number of nitrogens with zero attached hydrogens (tertiary/aromatic N) is 1. The summed E-state index contributed by atoms with van der Waals surface area (Å²) in [6, 6.07) is 10.9. The molecule has 3 N–H and O–H groups in total. The molecule has 0 unspecified atom stereocenters. The van der Waals surface area contributed by atoms with Gasteiger partial charge in [0, 0.05) is 6.07 Å². The van der Waals surface area contributed by atoms with Crippen LogP contribution in [0.15, 0.2) is 42.5 Å². The Morgan fingerprint density at radius 2 is 1.82 bits per heavy atom. The van der Waals surface area contributed by atoms with Crippen LogP contribution in [-0.2, 0) is 4.79 Å². The van der Waals surface area contributed by atoms with E-state index in [0.717, 1.165) is 11.1 Å². The van der Waals surface area contributed by atoms with Crippen molar-refractivity contribution < 1.29 is 19.2 Å². The highest BCUT2D eigenvalue weighted by molar-refractivity contribution is 7.80. The van der Waals surface area contributed by atoms with Crippen LogP contribution in [0.4, 0.5) is 5.69 Å². The molecule has 0 spiro atoms. The molecule has 9 nitrogen and oxygen atoms in total. The Hall–Kier alpha value is -3.53. The molecule has 28 heavy (non-hydrogen) atoms. The first-order chi connectivity index (χ1) is 13.3. The molecule has 0 atom stereocenters. The van der Waals surface area contributed by atoms with Gasteiger partial charge in [-0.15, -0.1) is 0 Å². The summed E-state index contributed by atoms with van der Waals surface area (Å²) < 4.78 is 5.45. The van der Waals surface area contributed by atoms with Crippen molar-refractivity contribution >= 4 is 34.8 Å². The molecule has 0 aliphatic rings. The van der Waals surface area contributed by atoms with Crippen LogP contribution >= 0.6 is 12.2 Å². The first-order valence-corrected chi connectivity index (χ1v) is 8.53. The number of nitro benzene ring substituents is 1. The summed E-state index contributed by atoms with van der Waals surface area (Å²) in [4.78, 5) is 34.3. The number of nitrogens with one attached hydrogen (secondary N) is 3. The number of para-hydroxylation sites is 1. The summed E-state index contributed by atoms with van der Waals surface area (Å²) in [5, 5.41) is 13.0. The minimum atomic E-state index is -0.773. The summed E-state index contributed by atoms with van der Waals surface area (Å²) in [6.07, 6.45) is 0. The fourth-order valence-corrected chi connectivity index (χ4v) is 2.36. The Balaban J connectivity index is 1.83. The average molecular weight is 402 g/mol. The maximum absolute atomic E-state index is 12.1. The third kappa shape index (κ3) is 5.48. The molecule has 146 valence electrons. The monoisotopic (exact) mass is 402 g/mol. The van der Waals surface area contributed by atoms with Crippen molar-refractivity contribution in [2.45, 2.75) is 13.8 Å². The molecule has 0 heterocycles. The molecule has 2 rings (SSSR count). The van der Waals surface area contributed by atoms with Crippen LogP contribution < -0.4 is 20.9 Å². The Morgan fingerprint density at radius 1 is 1.11 bits per heavy atom. The number of benzene rings is 2. The first-order valence-electron chi connectivity index (χ1n) is 8.12. The van der Waals surface area contributed by atoms with Gasteiger partial charge in [-0.3, -0.25) is 35.9 Å². The van der Waals surface area contributed by atoms with Crippen molar-refractivity contribution in [1.82, 2.24) is 16.2 Å². The summed E-state index contributed by atoms with van der Waals surface area (Å²) in [5.41, 5.74) is 6.08. The molecule has 0 fully saturated rings. The van der Waals surface area contributed by atoms with E-state index in [9.17, 15) is 19.7 Å². The van der Waals surface area contributed by atoms with Crippen molar-refractivity contribution in [2.75, 3.05) is 6.61 Å². The summed E-state index contributed by atoms with van der Waals surface area (Å²) >= 11 is 4.90. The molecule has 0 saturated carbocycles. The summed E-state index contributed by atoms with van der Waals surface area (Å²) in [5.74, 6) is -0.712. The molecule has 10 heteroatoms. The number of amides is 2. The van der Waals surface area contributed by atoms with Gasteiger partial charge in [-0.25, -0.2) is 0 Å². The van der Waals surface area contributed by atoms with Gasteiger partial charge in [0.05, 0.1) is 4.92 Å². The van der Waals surface area contributed by atoms with Crippen LogP contribution in [0.2, 0.25) is 0 Å². The molecular formula is C18H18N4O5S. The van der Waals surface area contributed by atoms with E-state index in [1.807, 2.05) is 26.0 Å². The van der Waals surface area contributed by atoms with Gasteiger partial charge in [-0.1, -0.05) is 24.3 Å². The van der Waals surface area contributed by atoms with Gasteiger partial charge in [0.15, 0.2) is 11.7 Å². The number of ether oxygens (including phenoxy) is 1. The highest BCUT2D eigenvalue weighted by Crippen LogP contribution is 2.20. The number of hydrogen-bond acceptors (Lipinski definition) is 6. The van der Waals surface area contributed by atoms with Crippen molar-refractivity contribution in [3.63, 3.8) is 0 Å². The van der Waals surface area contributed by atoms with Gasteiger partial charge in [0.2, 0.25) is 0 Å². The molecule has 2 amide bonds. The van der Waals surface area contributed by atoms with E-state index >= 15 is 0 Å². The summed E-state index contributed by atoms with van der Waals surface area (Å²) in [6.45, 7) is 3.55. The molecule has 2 aromatic carbocycles. The van der Waals surface area contributed by atoms with Gasteiger partial charge in [0.1, 0.15) is 11.3 Å². The van der Waals surface area contributed by atoms with Crippen LogP contribution in [-0.4, -0.2) is 28.5 Å². The van der Waals surface area contributed by atoms with Gasteiger partial charge in [-0.2, -0.15) is 0 Å². The lowest BCUT2D eigenvalue weighted by atomic mass is 10.1. The van der Waals surface area contributed by atoms with Crippen molar-refractivity contribution in [1.29, 1.82) is 0 Å². The highest BCUT2D eigenvalue weighted by atomic mass is 32.1. The van der Waals surface area contributed by atoms with E-state index < -0.39 is 16.7 Å². The lowest BCUT2D eigenvalue weighted by molar-refractivity contribution is -0.385. The fourth-order valence-electron chi connectivity index (χ4n) is 2.21. The van der Waals surface area contributed by atoms with Crippen LogP contribution in [0.1, 0.15) is 21.5 Å². The van der Waals surface area contributed by atoms with Gasteiger partial charge in [0.25, 0.3) is 17.5 Å². The predicted octanol–water partition coefficient (Wildman–Crippen LogP) is 1.93. The second-order valence-corrected chi connectivity index (χ2v) is 6.13. The Morgan fingerprint density at radius 3 is 2.54 bits per heavy atom. The third-order valence-electron chi connectivity index (χ3n) is 3.80. The zero-order valence-electron chi connectivity index (χ0n) is 15.1. The van der Waals surface area contributed by atoms with Crippen molar-refractivity contribution in [3.8, 4) is 5.75 Å².